The zero-order valence-electron chi connectivity index (χ0n) is 8.86. The van der Waals surface area contributed by atoms with Crippen LogP contribution < -0.4 is 0 Å². The molecule has 0 saturated heterocycles. The van der Waals surface area contributed by atoms with Gasteiger partial charge in [-0.25, -0.2) is 0 Å². The predicted molar refractivity (Wildman–Crippen MR) is 56.2 cm³/mol. The molecule has 0 saturated carbocycles. The number of nitro benzene ring substituents is 1. The Morgan fingerprint density at radius 3 is 2.24 bits per heavy atom. The lowest BCUT2D eigenvalue weighted by molar-refractivity contribution is -0.384. The van der Waals surface area contributed by atoms with Gasteiger partial charge < -0.3 is 0 Å². The summed E-state index contributed by atoms with van der Waals surface area (Å²) in [6.45, 7) is 0. The quantitative estimate of drug-likeness (QED) is 0.467. The van der Waals surface area contributed by atoms with Crippen LogP contribution in [0.5, 0.6) is 0 Å². The largest absolute Gasteiger partial charge is 0.429 e. The Kier molecular flexibility index (Phi) is 3.82. The number of hydrogen-bond donors (Lipinski definition) is 0. The number of non-ortho nitro benzene ring substituents is 1. The molecule has 1 rings (SSSR count). The molecule has 0 aliphatic rings. The van der Waals surface area contributed by atoms with Crippen LogP contribution in [-0.2, 0) is 6.42 Å². The molecule has 0 unspecified atom stereocenters. The Balaban J connectivity index is 2.86. The lowest BCUT2D eigenvalue weighted by Gasteiger charge is -2.09. The summed E-state index contributed by atoms with van der Waals surface area (Å²) < 4.78 is 37.1. The summed E-state index contributed by atoms with van der Waals surface area (Å²) in [5, 5.41) is 10.4. The van der Waals surface area contributed by atoms with Gasteiger partial charge in [-0.05, 0) is 5.56 Å². The molecule has 0 atom stereocenters. The fraction of sp³-hybridized carbons (Fsp3) is 0.300. The topological polar surface area (TPSA) is 55.5 Å². The van der Waals surface area contributed by atoms with Crippen LogP contribution in [0.25, 0.3) is 0 Å². The van der Waals surface area contributed by atoms with Gasteiger partial charge in [0.1, 0.15) is 5.71 Å². The van der Waals surface area contributed by atoms with E-state index in [0.29, 0.717) is 5.56 Å². The van der Waals surface area contributed by atoms with Crippen molar-refractivity contribution in [3.05, 3.63) is 39.9 Å². The van der Waals surface area contributed by atoms with E-state index >= 15 is 0 Å². The summed E-state index contributed by atoms with van der Waals surface area (Å²) in [6, 6.07) is 4.90. The monoisotopic (exact) mass is 246 g/mol. The maximum absolute atomic E-state index is 12.4. The van der Waals surface area contributed by atoms with Crippen molar-refractivity contribution in [2.75, 3.05) is 7.05 Å². The van der Waals surface area contributed by atoms with Gasteiger partial charge in [0.05, 0.1) is 4.92 Å². The highest BCUT2D eigenvalue weighted by Crippen LogP contribution is 2.21. The van der Waals surface area contributed by atoms with Gasteiger partial charge in [-0.3, -0.25) is 15.1 Å². The van der Waals surface area contributed by atoms with E-state index in [4.69, 9.17) is 0 Å². The fourth-order valence-electron chi connectivity index (χ4n) is 1.23. The minimum atomic E-state index is -4.48. The van der Waals surface area contributed by atoms with E-state index in [0.717, 1.165) is 7.05 Å². The van der Waals surface area contributed by atoms with Crippen LogP contribution in [-0.4, -0.2) is 23.9 Å². The van der Waals surface area contributed by atoms with Crippen LogP contribution in [0.15, 0.2) is 29.3 Å². The highest BCUT2D eigenvalue weighted by molar-refractivity contribution is 5.91. The molecule has 0 N–H and O–H groups in total. The third-order valence-electron chi connectivity index (χ3n) is 2.12. The number of hydrogen-bond acceptors (Lipinski definition) is 3. The molecule has 0 heterocycles. The third-order valence-corrected chi connectivity index (χ3v) is 2.12. The molecule has 0 aliphatic carbocycles. The Morgan fingerprint density at radius 1 is 1.35 bits per heavy atom. The summed E-state index contributed by atoms with van der Waals surface area (Å²) >= 11 is 0. The molecule has 17 heavy (non-hydrogen) atoms. The number of halogens is 3. The SMILES string of the molecule is CN=C(Cc1ccc([N+](=O)[O-])cc1)C(F)(F)F. The Bertz CT molecular complexity index is 438. The minimum Gasteiger partial charge on any atom is -0.288 e. The molecule has 0 spiro atoms. The molecule has 1 aromatic rings. The normalized spacial score (nSPS) is 12.6. The van der Waals surface area contributed by atoms with Crippen LogP contribution >= 0.6 is 0 Å². The van der Waals surface area contributed by atoms with E-state index in [1.54, 1.807) is 0 Å². The maximum atomic E-state index is 12.4. The Labute approximate surface area is 94.9 Å². The summed E-state index contributed by atoms with van der Waals surface area (Å²) in [5.74, 6) is 0. The van der Waals surface area contributed by atoms with Crippen molar-refractivity contribution in [2.45, 2.75) is 12.6 Å². The van der Waals surface area contributed by atoms with Gasteiger partial charge in [0.15, 0.2) is 0 Å². The Morgan fingerprint density at radius 2 is 1.88 bits per heavy atom. The summed E-state index contributed by atoms with van der Waals surface area (Å²) in [5.41, 5.74) is -0.740. The van der Waals surface area contributed by atoms with Gasteiger partial charge in [-0.15, -0.1) is 0 Å². The Hall–Kier alpha value is -1.92. The summed E-state index contributed by atoms with van der Waals surface area (Å²) in [6.07, 6.45) is -4.87. The number of rotatable bonds is 3. The smallest absolute Gasteiger partial charge is 0.288 e. The van der Waals surface area contributed by atoms with E-state index < -0.39 is 23.2 Å². The second-order valence-electron chi connectivity index (χ2n) is 3.27. The zero-order valence-corrected chi connectivity index (χ0v) is 8.86. The first-order valence-corrected chi connectivity index (χ1v) is 4.60. The van der Waals surface area contributed by atoms with Crippen LogP contribution in [0.1, 0.15) is 5.56 Å². The summed E-state index contributed by atoms with van der Waals surface area (Å²) in [7, 11) is 1.06. The van der Waals surface area contributed by atoms with E-state index in [1.807, 2.05) is 0 Å². The number of benzene rings is 1. The van der Waals surface area contributed by atoms with Gasteiger partial charge in [0, 0.05) is 25.6 Å². The van der Waals surface area contributed by atoms with Gasteiger partial charge in [0.25, 0.3) is 5.69 Å². The van der Waals surface area contributed by atoms with E-state index in [2.05, 4.69) is 4.99 Å². The van der Waals surface area contributed by atoms with Crippen LogP contribution in [0.2, 0.25) is 0 Å². The van der Waals surface area contributed by atoms with Crippen molar-refractivity contribution < 1.29 is 18.1 Å². The molecular formula is C10H9F3N2O2. The van der Waals surface area contributed by atoms with Gasteiger partial charge >= 0.3 is 6.18 Å². The van der Waals surface area contributed by atoms with Crippen LogP contribution in [0.3, 0.4) is 0 Å². The summed E-state index contributed by atoms with van der Waals surface area (Å²) in [4.78, 5) is 12.9. The highest BCUT2D eigenvalue weighted by atomic mass is 19.4. The van der Waals surface area contributed by atoms with Gasteiger partial charge in [-0.1, -0.05) is 12.1 Å². The van der Waals surface area contributed by atoms with Crippen molar-refractivity contribution in [1.29, 1.82) is 0 Å². The highest BCUT2D eigenvalue weighted by Gasteiger charge is 2.34. The molecule has 7 heteroatoms. The lowest BCUT2D eigenvalue weighted by Crippen LogP contribution is -2.25. The predicted octanol–water partition coefficient (Wildman–Crippen LogP) is 2.77. The van der Waals surface area contributed by atoms with Crippen molar-refractivity contribution >= 4 is 11.4 Å². The molecule has 92 valence electrons. The number of nitro groups is 1. The van der Waals surface area contributed by atoms with Gasteiger partial charge in [-0.2, -0.15) is 13.2 Å². The van der Waals surface area contributed by atoms with E-state index in [-0.39, 0.29) is 5.69 Å². The minimum absolute atomic E-state index is 0.157. The van der Waals surface area contributed by atoms with Crippen LogP contribution in [0, 0.1) is 10.1 Å². The number of nitrogens with zero attached hydrogens (tertiary/aromatic N) is 2. The average Bonchev–Trinajstić information content (AvgIpc) is 2.24. The maximum Gasteiger partial charge on any atom is 0.429 e. The van der Waals surface area contributed by atoms with Gasteiger partial charge in [0.2, 0.25) is 0 Å². The molecule has 0 aliphatic heterocycles. The van der Waals surface area contributed by atoms with E-state index in [9.17, 15) is 23.3 Å². The number of alkyl halides is 3. The van der Waals surface area contributed by atoms with Crippen molar-refractivity contribution in [2.24, 2.45) is 4.99 Å². The van der Waals surface area contributed by atoms with Crippen molar-refractivity contribution in [3.8, 4) is 0 Å². The lowest BCUT2D eigenvalue weighted by atomic mass is 10.1. The standard InChI is InChI=1S/C10H9F3N2O2/c1-14-9(10(11,12)13)6-7-2-4-8(5-3-7)15(16)17/h2-5H,6H2,1H3. The molecule has 0 aromatic heterocycles. The first-order valence-electron chi connectivity index (χ1n) is 4.60. The third kappa shape index (κ3) is 3.54. The molecule has 0 fully saturated rings. The molecule has 0 bridgehead atoms. The van der Waals surface area contributed by atoms with Crippen molar-refractivity contribution in [1.82, 2.24) is 0 Å². The zero-order chi connectivity index (χ0) is 13.1. The van der Waals surface area contributed by atoms with E-state index in [1.165, 1.54) is 24.3 Å². The second-order valence-corrected chi connectivity index (χ2v) is 3.27. The average molecular weight is 246 g/mol. The molecule has 0 amide bonds. The first-order chi connectivity index (χ1) is 7.84. The van der Waals surface area contributed by atoms with Crippen molar-refractivity contribution in [3.63, 3.8) is 0 Å². The van der Waals surface area contributed by atoms with Crippen LogP contribution in [0.4, 0.5) is 18.9 Å². The second kappa shape index (κ2) is 4.94. The molecule has 1 aromatic carbocycles. The molecule has 0 radical (unpaired) electrons. The first kappa shape index (κ1) is 13.1. The fourth-order valence-corrected chi connectivity index (χ4v) is 1.23. The molecular weight excluding hydrogens is 237 g/mol. The number of aliphatic imine (C=N–C) groups is 1. The molecule has 4 nitrogen and oxygen atoms in total.